The molecular formula is C13H18N2O. The SMILES string of the molecule is OCCNC1c2ccccc2[C@H]2CNC[C@@H]12. The van der Waals surface area contributed by atoms with Crippen LogP contribution in [0.4, 0.5) is 0 Å². The summed E-state index contributed by atoms with van der Waals surface area (Å²) < 4.78 is 0. The number of hydrogen-bond donors (Lipinski definition) is 3. The summed E-state index contributed by atoms with van der Waals surface area (Å²) in [6.45, 7) is 3.08. The zero-order valence-electron chi connectivity index (χ0n) is 9.32. The highest BCUT2D eigenvalue weighted by Gasteiger charge is 2.42. The Morgan fingerprint density at radius 3 is 2.88 bits per heavy atom. The minimum atomic E-state index is 0.212. The largest absolute Gasteiger partial charge is 0.395 e. The number of nitrogens with one attached hydrogen (secondary N) is 2. The zero-order valence-corrected chi connectivity index (χ0v) is 9.32. The lowest BCUT2D eigenvalue weighted by Crippen LogP contribution is -2.29. The molecule has 3 rings (SSSR count). The second kappa shape index (κ2) is 4.17. The van der Waals surface area contributed by atoms with Gasteiger partial charge >= 0.3 is 0 Å². The van der Waals surface area contributed by atoms with Crippen molar-refractivity contribution >= 4 is 0 Å². The van der Waals surface area contributed by atoms with Gasteiger partial charge in [-0.05, 0) is 17.0 Å². The summed E-state index contributed by atoms with van der Waals surface area (Å²) >= 11 is 0. The summed E-state index contributed by atoms with van der Waals surface area (Å²) in [5.41, 5.74) is 2.93. The van der Waals surface area contributed by atoms with Gasteiger partial charge in [0.15, 0.2) is 0 Å². The van der Waals surface area contributed by atoms with Crippen LogP contribution in [0.25, 0.3) is 0 Å². The second-order valence-corrected chi connectivity index (χ2v) is 4.71. The molecule has 0 spiro atoms. The van der Waals surface area contributed by atoms with Gasteiger partial charge < -0.3 is 15.7 Å². The van der Waals surface area contributed by atoms with E-state index in [4.69, 9.17) is 5.11 Å². The van der Waals surface area contributed by atoms with Gasteiger partial charge in [-0.1, -0.05) is 24.3 Å². The quantitative estimate of drug-likeness (QED) is 0.697. The molecule has 3 N–H and O–H groups in total. The van der Waals surface area contributed by atoms with E-state index in [1.807, 2.05) is 0 Å². The minimum Gasteiger partial charge on any atom is -0.395 e. The fourth-order valence-corrected chi connectivity index (χ4v) is 3.23. The smallest absolute Gasteiger partial charge is 0.0556 e. The van der Waals surface area contributed by atoms with Crippen LogP contribution in [0.1, 0.15) is 23.1 Å². The topological polar surface area (TPSA) is 44.3 Å². The molecule has 0 amide bonds. The van der Waals surface area contributed by atoms with E-state index in [1.54, 1.807) is 0 Å². The molecule has 1 fully saturated rings. The summed E-state index contributed by atoms with van der Waals surface area (Å²) in [4.78, 5) is 0. The maximum absolute atomic E-state index is 8.94. The molecule has 3 heteroatoms. The first kappa shape index (κ1) is 10.3. The van der Waals surface area contributed by atoms with Crippen LogP contribution in [-0.4, -0.2) is 31.3 Å². The van der Waals surface area contributed by atoms with Crippen LogP contribution in [0.2, 0.25) is 0 Å². The van der Waals surface area contributed by atoms with E-state index in [9.17, 15) is 0 Å². The summed E-state index contributed by atoms with van der Waals surface area (Å²) in [5, 5.41) is 15.9. The zero-order chi connectivity index (χ0) is 11.0. The van der Waals surface area contributed by atoms with E-state index in [0.717, 1.165) is 13.1 Å². The van der Waals surface area contributed by atoms with Crippen LogP contribution in [-0.2, 0) is 0 Å². The van der Waals surface area contributed by atoms with Gasteiger partial charge in [-0.3, -0.25) is 0 Å². The Morgan fingerprint density at radius 1 is 1.25 bits per heavy atom. The third-order valence-corrected chi connectivity index (χ3v) is 3.90. The predicted octanol–water partition coefficient (Wildman–Crippen LogP) is 0.626. The number of hydrogen-bond acceptors (Lipinski definition) is 3. The summed E-state index contributed by atoms with van der Waals surface area (Å²) in [7, 11) is 0. The van der Waals surface area contributed by atoms with Gasteiger partial charge in [0.1, 0.15) is 0 Å². The highest BCUT2D eigenvalue weighted by atomic mass is 16.3. The Balaban J connectivity index is 1.92. The molecule has 3 atom stereocenters. The number of fused-ring (bicyclic) bond motifs is 3. The van der Waals surface area contributed by atoms with E-state index < -0.39 is 0 Å². The molecular weight excluding hydrogens is 200 g/mol. The van der Waals surface area contributed by atoms with Gasteiger partial charge in [0, 0.05) is 31.6 Å². The Bertz CT molecular complexity index is 380. The van der Waals surface area contributed by atoms with Crippen molar-refractivity contribution < 1.29 is 5.11 Å². The third kappa shape index (κ3) is 1.47. The molecule has 1 aromatic rings. The second-order valence-electron chi connectivity index (χ2n) is 4.71. The van der Waals surface area contributed by atoms with E-state index in [0.29, 0.717) is 24.4 Å². The predicted molar refractivity (Wildman–Crippen MR) is 63.4 cm³/mol. The Morgan fingerprint density at radius 2 is 2.06 bits per heavy atom. The number of benzene rings is 1. The van der Waals surface area contributed by atoms with Crippen molar-refractivity contribution in [2.75, 3.05) is 26.2 Å². The van der Waals surface area contributed by atoms with Gasteiger partial charge in [0.2, 0.25) is 0 Å². The van der Waals surface area contributed by atoms with Crippen molar-refractivity contribution in [2.24, 2.45) is 5.92 Å². The first-order chi connectivity index (χ1) is 7.92. The van der Waals surface area contributed by atoms with Crippen molar-refractivity contribution in [3.8, 4) is 0 Å². The highest BCUT2D eigenvalue weighted by molar-refractivity contribution is 5.41. The molecule has 1 aliphatic carbocycles. The molecule has 2 aliphatic rings. The lowest BCUT2D eigenvalue weighted by atomic mass is 9.94. The average molecular weight is 218 g/mol. The number of aliphatic hydroxyl groups is 1. The lowest BCUT2D eigenvalue weighted by Gasteiger charge is -2.20. The molecule has 1 heterocycles. The molecule has 16 heavy (non-hydrogen) atoms. The van der Waals surface area contributed by atoms with Gasteiger partial charge in [0.05, 0.1) is 6.61 Å². The van der Waals surface area contributed by atoms with E-state index >= 15 is 0 Å². The lowest BCUT2D eigenvalue weighted by molar-refractivity contribution is 0.273. The average Bonchev–Trinajstić information content (AvgIpc) is 2.87. The molecule has 86 valence electrons. The van der Waals surface area contributed by atoms with Crippen molar-refractivity contribution in [1.29, 1.82) is 0 Å². The molecule has 1 saturated heterocycles. The minimum absolute atomic E-state index is 0.212. The van der Waals surface area contributed by atoms with E-state index in [-0.39, 0.29) is 6.61 Å². The molecule has 1 aromatic carbocycles. The Hall–Kier alpha value is -0.900. The van der Waals surface area contributed by atoms with Crippen LogP contribution >= 0.6 is 0 Å². The fourth-order valence-electron chi connectivity index (χ4n) is 3.23. The van der Waals surface area contributed by atoms with Crippen LogP contribution in [0.15, 0.2) is 24.3 Å². The third-order valence-electron chi connectivity index (χ3n) is 3.90. The number of rotatable bonds is 3. The molecule has 0 radical (unpaired) electrons. The molecule has 1 aliphatic heterocycles. The van der Waals surface area contributed by atoms with Crippen LogP contribution in [0.3, 0.4) is 0 Å². The highest BCUT2D eigenvalue weighted by Crippen LogP contribution is 2.46. The first-order valence-corrected chi connectivity index (χ1v) is 6.05. The van der Waals surface area contributed by atoms with E-state index in [1.165, 1.54) is 11.1 Å². The van der Waals surface area contributed by atoms with Crippen LogP contribution in [0.5, 0.6) is 0 Å². The molecule has 0 saturated carbocycles. The van der Waals surface area contributed by atoms with Crippen molar-refractivity contribution in [1.82, 2.24) is 10.6 Å². The molecule has 1 unspecified atom stereocenters. The fraction of sp³-hybridized carbons (Fsp3) is 0.538. The normalized spacial score (nSPS) is 31.4. The first-order valence-electron chi connectivity index (χ1n) is 6.05. The maximum Gasteiger partial charge on any atom is 0.0556 e. The van der Waals surface area contributed by atoms with Crippen molar-refractivity contribution in [3.05, 3.63) is 35.4 Å². The van der Waals surface area contributed by atoms with E-state index in [2.05, 4.69) is 34.9 Å². The van der Waals surface area contributed by atoms with Gasteiger partial charge in [-0.25, -0.2) is 0 Å². The number of aliphatic hydroxyl groups excluding tert-OH is 1. The summed E-state index contributed by atoms with van der Waals surface area (Å²) in [6.07, 6.45) is 0. The van der Waals surface area contributed by atoms with Crippen LogP contribution < -0.4 is 10.6 Å². The summed E-state index contributed by atoms with van der Waals surface area (Å²) in [6, 6.07) is 9.13. The van der Waals surface area contributed by atoms with Gasteiger partial charge in [-0.15, -0.1) is 0 Å². The van der Waals surface area contributed by atoms with Crippen molar-refractivity contribution in [2.45, 2.75) is 12.0 Å². The van der Waals surface area contributed by atoms with Gasteiger partial charge in [-0.2, -0.15) is 0 Å². The van der Waals surface area contributed by atoms with Gasteiger partial charge in [0.25, 0.3) is 0 Å². The standard InChI is InChI=1S/C13H18N2O/c16-6-5-15-13-10-4-2-1-3-9(10)11-7-14-8-12(11)13/h1-4,11-16H,5-8H2/t11-,12-,13?/m1/s1. The molecule has 0 aromatic heterocycles. The molecule has 0 bridgehead atoms. The van der Waals surface area contributed by atoms with Crippen LogP contribution in [0, 0.1) is 5.92 Å². The Labute approximate surface area is 95.9 Å². The Kier molecular flexibility index (Phi) is 2.67. The molecule has 3 nitrogen and oxygen atoms in total. The maximum atomic E-state index is 8.94. The summed E-state index contributed by atoms with van der Waals surface area (Å²) in [5.74, 6) is 1.32. The monoisotopic (exact) mass is 218 g/mol. The van der Waals surface area contributed by atoms with Crippen molar-refractivity contribution in [3.63, 3.8) is 0 Å².